The van der Waals surface area contributed by atoms with E-state index in [0.717, 1.165) is 36.1 Å². The number of rotatable bonds is 5. The van der Waals surface area contributed by atoms with Crippen molar-refractivity contribution < 1.29 is 9.66 Å². The molecule has 2 aromatic carbocycles. The lowest BCUT2D eigenvalue weighted by molar-refractivity contribution is -0.385. The summed E-state index contributed by atoms with van der Waals surface area (Å²) in [6.07, 6.45) is 2.03. The highest BCUT2D eigenvalue weighted by molar-refractivity contribution is 5.83. The van der Waals surface area contributed by atoms with Gasteiger partial charge < -0.3 is 9.64 Å². The molecule has 3 aromatic rings. The molecule has 1 aromatic heterocycles. The topological polar surface area (TPSA) is 68.5 Å². The minimum atomic E-state index is -0.407. The second-order valence-electron chi connectivity index (χ2n) is 6.84. The van der Waals surface area contributed by atoms with Crippen molar-refractivity contribution in [3.63, 3.8) is 0 Å². The molecule has 1 aliphatic heterocycles. The minimum absolute atomic E-state index is 0.00159. The zero-order valence-electron chi connectivity index (χ0n) is 15.2. The highest BCUT2D eigenvalue weighted by Gasteiger charge is 2.27. The Morgan fingerprint density at radius 3 is 2.85 bits per heavy atom. The van der Waals surface area contributed by atoms with E-state index in [2.05, 4.69) is 24.0 Å². The molecule has 2 heterocycles. The number of para-hydroxylation sites is 3. The smallest absolute Gasteiger partial charge is 0.310 e. The summed E-state index contributed by atoms with van der Waals surface area (Å²) in [7, 11) is 0. The summed E-state index contributed by atoms with van der Waals surface area (Å²) in [5.74, 6) is 1.26. The fourth-order valence-electron chi connectivity index (χ4n) is 3.71. The van der Waals surface area contributed by atoms with Gasteiger partial charge in [0.15, 0.2) is 5.75 Å². The SMILES string of the molecule is Cc1cc(N2CCCC2COc2ccccc2[N+](=O)[O-])nc2ccccc12. The Kier molecular flexibility index (Phi) is 4.62. The van der Waals surface area contributed by atoms with E-state index in [1.165, 1.54) is 11.6 Å². The molecule has 4 rings (SSSR count). The third-order valence-corrected chi connectivity index (χ3v) is 5.07. The summed E-state index contributed by atoms with van der Waals surface area (Å²) in [5.41, 5.74) is 2.18. The van der Waals surface area contributed by atoms with Gasteiger partial charge in [-0.15, -0.1) is 0 Å². The van der Waals surface area contributed by atoms with Crippen molar-refractivity contribution in [1.82, 2.24) is 4.98 Å². The normalized spacial score (nSPS) is 16.6. The average Bonchev–Trinajstić information content (AvgIpc) is 3.15. The molecule has 0 aliphatic carbocycles. The standard InChI is InChI=1S/C21H21N3O3/c1-15-13-21(22-18-9-3-2-8-17(15)18)23-12-6-7-16(23)14-27-20-11-5-4-10-19(20)24(25)26/h2-5,8-11,13,16H,6-7,12,14H2,1H3. The fourth-order valence-corrected chi connectivity index (χ4v) is 3.71. The second-order valence-corrected chi connectivity index (χ2v) is 6.84. The number of fused-ring (bicyclic) bond motifs is 1. The van der Waals surface area contributed by atoms with E-state index in [-0.39, 0.29) is 11.7 Å². The van der Waals surface area contributed by atoms with Gasteiger partial charge in [0.2, 0.25) is 0 Å². The molecule has 0 radical (unpaired) electrons. The third-order valence-electron chi connectivity index (χ3n) is 5.07. The van der Waals surface area contributed by atoms with E-state index in [1.807, 2.05) is 18.2 Å². The van der Waals surface area contributed by atoms with Crippen LogP contribution in [-0.2, 0) is 0 Å². The minimum Gasteiger partial charge on any atom is -0.485 e. The summed E-state index contributed by atoms with van der Waals surface area (Å²) < 4.78 is 5.84. The molecule has 6 heteroatoms. The molecule has 1 atom stereocenters. The lowest BCUT2D eigenvalue weighted by Crippen LogP contribution is -2.34. The number of hydrogen-bond acceptors (Lipinski definition) is 5. The maximum absolute atomic E-state index is 11.2. The van der Waals surface area contributed by atoms with Crippen molar-refractivity contribution in [2.75, 3.05) is 18.1 Å². The molecule has 0 bridgehead atoms. The maximum atomic E-state index is 11.2. The van der Waals surface area contributed by atoms with Gasteiger partial charge in [-0.25, -0.2) is 4.98 Å². The van der Waals surface area contributed by atoms with Crippen molar-refractivity contribution in [3.05, 3.63) is 70.3 Å². The Hall–Kier alpha value is -3.15. The van der Waals surface area contributed by atoms with Crippen LogP contribution in [0, 0.1) is 17.0 Å². The van der Waals surface area contributed by atoms with Crippen LogP contribution in [-0.4, -0.2) is 29.1 Å². The van der Waals surface area contributed by atoms with Crippen LogP contribution in [0.4, 0.5) is 11.5 Å². The number of nitro groups is 1. The molecule has 138 valence electrons. The van der Waals surface area contributed by atoms with Crippen LogP contribution in [0.2, 0.25) is 0 Å². The first kappa shape index (κ1) is 17.3. The molecule has 0 N–H and O–H groups in total. The molecule has 0 amide bonds. The molecule has 1 aliphatic rings. The summed E-state index contributed by atoms with van der Waals surface area (Å²) in [6.45, 7) is 3.41. The number of benzene rings is 2. The van der Waals surface area contributed by atoms with Crippen LogP contribution in [0.3, 0.4) is 0 Å². The molecular formula is C21H21N3O3. The quantitative estimate of drug-likeness (QED) is 0.493. The van der Waals surface area contributed by atoms with E-state index >= 15 is 0 Å². The highest BCUT2D eigenvalue weighted by Crippen LogP contribution is 2.30. The van der Waals surface area contributed by atoms with Gasteiger partial charge >= 0.3 is 5.69 Å². The Labute approximate surface area is 157 Å². The van der Waals surface area contributed by atoms with E-state index in [1.54, 1.807) is 18.2 Å². The molecule has 1 fully saturated rings. The summed E-state index contributed by atoms with van der Waals surface area (Å²) >= 11 is 0. The maximum Gasteiger partial charge on any atom is 0.310 e. The summed E-state index contributed by atoms with van der Waals surface area (Å²) in [4.78, 5) is 17.9. The van der Waals surface area contributed by atoms with Crippen LogP contribution in [0.5, 0.6) is 5.75 Å². The van der Waals surface area contributed by atoms with Gasteiger partial charge in [0.25, 0.3) is 0 Å². The Morgan fingerprint density at radius 2 is 2.00 bits per heavy atom. The van der Waals surface area contributed by atoms with E-state index in [0.29, 0.717) is 12.4 Å². The molecule has 0 saturated carbocycles. The number of anilines is 1. The van der Waals surface area contributed by atoms with Crippen LogP contribution in [0.25, 0.3) is 10.9 Å². The van der Waals surface area contributed by atoms with E-state index < -0.39 is 4.92 Å². The first-order valence-corrected chi connectivity index (χ1v) is 9.13. The van der Waals surface area contributed by atoms with E-state index in [9.17, 15) is 10.1 Å². The number of nitrogens with zero attached hydrogens (tertiary/aromatic N) is 3. The molecule has 0 spiro atoms. The van der Waals surface area contributed by atoms with Gasteiger partial charge in [-0.05, 0) is 43.5 Å². The average molecular weight is 363 g/mol. The Morgan fingerprint density at radius 1 is 1.22 bits per heavy atom. The van der Waals surface area contributed by atoms with Gasteiger partial charge in [0, 0.05) is 18.0 Å². The summed E-state index contributed by atoms with van der Waals surface area (Å²) in [5, 5.41) is 12.3. The van der Waals surface area contributed by atoms with Crippen molar-refractivity contribution in [1.29, 1.82) is 0 Å². The van der Waals surface area contributed by atoms with Crippen molar-refractivity contribution >= 4 is 22.4 Å². The lowest BCUT2D eigenvalue weighted by Gasteiger charge is -2.26. The predicted molar refractivity (Wildman–Crippen MR) is 105 cm³/mol. The van der Waals surface area contributed by atoms with Crippen LogP contribution in [0.1, 0.15) is 18.4 Å². The van der Waals surface area contributed by atoms with Crippen LogP contribution in [0.15, 0.2) is 54.6 Å². The van der Waals surface area contributed by atoms with Gasteiger partial charge in [0.05, 0.1) is 16.5 Å². The predicted octanol–water partition coefficient (Wildman–Crippen LogP) is 4.50. The molecule has 6 nitrogen and oxygen atoms in total. The number of nitro benzene ring substituents is 1. The number of aromatic nitrogens is 1. The number of hydrogen-bond donors (Lipinski definition) is 0. The van der Waals surface area contributed by atoms with Gasteiger partial charge in [-0.1, -0.05) is 30.3 Å². The second kappa shape index (κ2) is 7.23. The molecule has 27 heavy (non-hydrogen) atoms. The lowest BCUT2D eigenvalue weighted by atomic mass is 10.1. The van der Waals surface area contributed by atoms with Crippen molar-refractivity contribution in [2.45, 2.75) is 25.8 Å². The van der Waals surface area contributed by atoms with Crippen LogP contribution < -0.4 is 9.64 Å². The van der Waals surface area contributed by atoms with Crippen molar-refractivity contribution in [2.24, 2.45) is 0 Å². The highest BCUT2D eigenvalue weighted by atomic mass is 16.6. The molecular weight excluding hydrogens is 342 g/mol. The fraction of sp³-hybridized carbons (Fsp3) is 0.286. The van der Waals surface area contributed by atoms with Crippen LogP contribution >= 0.6 is 0 Å². The molecule has 1 unspecified atom stereocenters. The molecule has 1 saturated heterocycles. The Balaban J connectivity index is 1.56. The third kappa shape index (κ3) is 3.43. The van der Waals surface area contributed by atoms with Gasteiger partial charge in [-0.3, -0.25) is 10.1 Å². The van der Waals surface area contributed by atoms with Crippen molar-refractivity contribution in [3.8, 4) is 5.75 Å². The monoisotopic (exact) mass is 363 g/mol. The summed E-state index contributed by atoms with van der Waals surface area (Å²) in [6, 6.07) is 16.9. The number of ether oxygens (including phenoxy) is 1. The zero-order chi connectivity index (χ0) is 18.8. The first-order valence-electron chi connectivity index (χ1n) is 9.13. The number of pyridine rings is 1. The first-order chi connectivity index (χ1) is 13.1. The largest absolute Gasteiger partial charge is 0.485 e. The zero-order valence-corrected chi connectivity index (χ0v) is 15.2. The van der Waals surface area contributed by atoms with E-state index in [4.69, 9.17) is 9.72 Å². The Bertz CT molecular complexity index is 989. The van der Waals surface area contributed by atoms with Gasteiger partial charge in [-0.2, -0.15) is 0 Å². The van der Waals surface area contributed by atoms with Gasteiger partial charge in [0.1, 0.15) is 12.4 Å². The number of aryl methyl sites for hydroxylation is 1.